The van der Waals surface area contributed by atoms with Gasteiger partial charge in [0.2, 0.25) is 0 Å². The van der Waals surface area contributed by atoms with Crippen LogP contribution in [0.25, 0.3) is 5.69 Å². The van der Waals surface area contributed by atoms with Crippen molar-refractivity contribution in [2.75, 3.05) is 0 Å². The van der Waals surface area contributed by atoms with Crippen LogP contribution in [0, 0.1) is 24.0 Å². The van der Waals surface area contributed by atoms with Gasteiger partial charge in [-0.05, 0) is 61.9 Å². The molecule has 3 aromatic rings. The van der Waals surface area contributed by atoms with Crippen molar-refractivity contribution < 1.29 is 4.92 Å². The van der Waals surface area contributed by atoms with Gasteiger partial charge in [-0.2, -0.15) is 0 Å². The molecule has 6 heteroatoms. The monoisotopic (exact) mass is 397 g/mol. The van der Waals surface area contributed by atoms with Crippen LogP contribution < -0.4 is 0 Å². The molecule has 0 bridgehead atoms. The van der Waals surface area contributed by atoms with E-state index in [2.05, 4.69) is 20.9 Å². The van der Waals surface area contributed by atoms with E-state index < -0.39 is 0 Å². The number of benzene rings is 2. The average molecular weight is 398 g/mol. The summed E-state index contributed by atoms with van der Waals surface area (Å²) in [7, 11) is 0. The summed E-state index contributed by atoms with van der Waals surface area (Å²) in [6.45, 7) is 3.60. The molecule has 25 heavy (non-hydrogen) atoms. The number of rotatable bonds is 4. The number of hydrogen-bond donors (Lipinski definition) is 0. The molecule has 0 saturated heterocycles. The fourth-order valence-corrected chi connectivity index (χ4v) is 2.83. The van der Waals surface area contributed by atoms with E-state index in [0.29, 0.717) is 11.3 Å². The maximum atomic E-state index is 11.2. The molecule has 0 N–H and O–H groups in total. The Hall–Kier alpha value is -2.73. The van der Waals surface area contributed by atoms with Gasteiger partial charge in [-0.1, -0.05) is 15.9 Å². The largest absolute Gasteiger partial charge is 0.316 e. The Kier molecular flexibility index (Phi) is 4.81. The lowest BCUT2D eigenvalue weighted by atomic mass is 10.1. The molecule has 0 aliphatic carbocycles. The molecule has 5 nitrogen and oxygen atoms in total. The van der Waals surface area contributed by atoms with E-state index in [-0.39, 0.29) is 10.6 Å². The van der Waals surface area contributed by atoms with Gasteiger partial charge in [0.1, 0.15) is 0 Å². The lowest BCUT2D eigenvalue weighted by Crippen LogP contribution is -1.97. The second kappa shape index (κ2) is 7.03. The van der Waals surface area contributed by atoms with Crippen LogP contribution >= 0.6 is 15.9 Å². The molecule has 126 valence electrons. The van der Waals surface area contributed by atoms with E-state index in [0.717, 1.165) is 21.4 Å². The van der Waals surface area contributed by atoms with Crippen molar-refractivity contribution in [2.24, 2.45) is 4.99 Å². The Labute approximate surface area is 153 Å². The fourth-order valence-electron chi connectivity index (χ4n) is 2.56. The summed E-state index contributed by atoms with van der Waals surface area (Å²) in [5, 5.41) is 11.2. The van der Waals surface area contributed by atoms with Gasteiger partial charge in [0.25, 0.3) is 5.69 Å². The zero-order chi connectivity index (χ0) is 18.0. The van der Waals surface area contributed by atoms with Gasteiger partial charge in [-0.3, -0.25) is 15.1 Å². The topological polar surface area (TPSA) is 60.4 Å². The van der Waals surface area contributed by atoms with Crippen molar-refractivity contribution >= 4 is 33.5 Å². The molecule has 1 aromatic heterocycles. The molecule has 0 aliphatic heterocycles. The first-order valence-corrected chi connectivity index (χ1v) is 8.48. The van der Waals surface area contributed by atoms with Crippen molar-refractivity contribution in [3.05, 3.63) is 86.1 Å². The molecule has 3 rings (SSSR count). The highest BCUT2D eigenvalue weighted by molar-refractivity contribution is 9.10. The third-order valence-electron chi connectivity index (χ3n) is 4.05. The van der Waals surface area contributed by atoms with Crippen molar-refractivity contribution in [3.8, 4) is 5.69 Å². The van der Waals surface area contributed by atoms with Crippen LogP contribution in [-0.4, -0.2) is 15.7 Å². The van der Waals surface area contributed by atoms with Crippen molar-refractivity contribution in [3.63, 3.8) is 0 Å². The molecule has 0 aliphatic rings. The lowest BCUT2D eigenvalue weighted by molar-refractivity contribution is -0.385. The molecule has 2 aromatic carbocycles. The van der Waals surface area contributed by atoms with Gasteiger partial charge in [0, 0.05) is 28.0 Å². The summed E-state index contributed by atoms with van der Waals surface area (Å²) in [6, 6.07) is 15.2. The first-order chi connectivity index (χ1) is 12.0. The van der Waals surface area contributed by atoms with Crippen LogP contribution in [0.1, 0.15) is 16.8 Å². The number of nitro groups is 1. The molecule has 0 saturated carbocycles. The van der Waals surface area contributed by atoms with Gasteiger partial charge in [-0.15, -0.1) is 0 Å². The van der Waals surface area contributed by atoms with Gasteiger partial charge in [0.05, 0.1) is 22.5 Å². The molecule has 0 atom stereocenters. The zero-order valence-corrected chi connectivity index (χ0v) is 15.4. The summed E-state index contributed by atoms with van der Waals surface area (Å²) in [5.41, 5.74) is 4.09. The highest BCUT2D eigenvalue weighted by Gasteiger charge is 2.13. The number of aryl methyl sites for hydroxylation is 1. The predicted molar refractivity (Wildman–Crippen MR) is 103 cm³/mol. The van der Waals surface area contributed by atoms with Crippen molar-refractivity contribution in [2.45, 2.75) is 13.8 Å². The molecule has 0 amide bonds. The molecule has 0 fully saturated rings. The highest BCUT2D eigenvalue weighted by atomic mass is 79.9. The SMILES string of the molecule is Cc1cc(N=Cc2cccn2-c2ccc(Br)cc2)cc([N+](=O)[O-])c1C. The average Bonchev–Trinajstić information content (AvgIpc) is 3.04. The van der Waals surface area contributed by atoms with E-state index >= 15 is 0 Å². The predicted octanol–water partition coefficient (Wildman–Crippen LogP) is 5.52. The van der Waals surface area contributed by atoms with Gasteiger partial charge < -0.3 is 4.57 Å². The maximum Gasteiger partial charge on any atom is 0.274 e. The fraction of sp³-hybridized carbons (Fsp3) is 0.105. The first kappa shape index (κ1) is 17.1. The van der Waals surface area contributed by atoms with Crippen LogP contribution in [-0.2, 0) is 0 Å². The van der Waals surface area contributed by atoms with E-state index in [1.54, 1.807) is 13.1 Å². The summed E-state index contributed by atoms with van der Waals surface area (Å²) in [5.74, 6) is 0. The Balaban J connectivity index is 1.95. The molecule has 0 unspecified atom stereocenters. The number of halogens is 1. The minimum Gasteiger partial charge on any atom is -0.316 e. The van der Waals surface area contributed by atoms with Crippen LogP contribution in [0.4, 0.5) is 11.4 Å². The summed E-state index contributed by atoms with van der Waals surface area (Å²) >= 11 is 3.43. The van der Waals surface area contributed by atoms with Crippen LogP contribution in [0.3, 0.4) is 0 Å². The third kappa shape index (κ3) is 3.69. The van der Waals surface area contributed by atoms with Crippen molar-refractivity contribution in [1.82, 2.24) is 4.57 Å². The summed E-state index contributed by atoms with van der Waals surface area (Å²) < 4.78 is 3.02. The Morgan fingerprint density at radius 3 is 2.56 bits per heavy atom. The van der Waals surface area contributed by atoms with Crippen LogP contribution in [0.5, 0.6) is 0 Å². The number of nitro benzene ring substituents is 1. The van der Waals surface area contributed by atoms with E-state index in [1.807, 2.05) is 60.2 Å². The molecule has 1 heterocycles. The Morgan fingerprint density at radius 1 is 1.16 bits per heavy atom. The van der Waals surface area contributed by atoms with E-state index in [9.17, 15) is 10.1 Å². The van der Waals surface area contributed by atoms with Crippen molar-refractivity contribution in [1.29, 1.82) is 0 Å². The standard InChI is InChI=1S/C19H16BrN3O2/c1-13-10-16(11-19(14(13)2)23(24)25)21-12-18-4-3-9-22(18)17-7-5-15(20)6-8-17/h3-12H,1-2H3. The van der Waals surface area contributed by atoms with Gasteiger partial charge >= 0.3 is 0 Å². The normalized spacial score (nSPS) is 11.2. The van der Waals surface area contributed by atoms with E-state index in [4.69, 9.17) is 0 Å². The number of hydrogen-bond acceptors (Lipinski definition) is 3. The number of aromatic nitrogens is 1. The van der Waals surface area contributed by atoms with Crippen LogP contribution in [0.2, 0.25) is 0 Å². The Bertz CT molecular complexity index is 959. The maximum absolute atomic E-state index is 11.2. The summed E-state index contributed by atoms with van der Waals surface area (Å²) in [4.78, 5) is 15.2. The first-order valence-electron chi connectivity index (χ1n) is 7.69. The molecular weight excluding hydrogens is 382 g/mol. The molecular formula is C19H16BrN3O2. The lowest BCUT2D eigenvalue weighted by Gasteiger charge is -2.07. The van der Waals surface area contributed by atoms with Gasteiger partial charge in [-0.25, -0.2) is 0 Å². The third-order valence-corrected chi connectivity index (χ3v) is 4.58. The minimum atomic E-state index is -0.369. The number of aliphatic imine (C=N–C) groups is 1. The molecule has 0 radical (unpaired) electrons. The van der Waals surface area contributed by atoms with Gasteiger partial charge in [0.15, 0.2) is 0 Å². The Morgan fingerprint density at radius 2 is 1.88 bits per heavy atom. The number of nitrogens with zero attached hydrogens (tertiary/aromatic N) is 3. The smallest absolute Gasteiger partial charge is 0.274 e. The summed E-state index contributed by atoms with van der Waals surface area (Å²) in [6.07, 6.45) is 3.67. The second-order valence-electron chi connectivity index (χ2n) is 5.70. The van der Waals surface area contributed by atoms with E-state index in [1.165, 1.54) is 6.07 Å². The van der Waals surface area contributed by atoms with Crippen LogP contribution in [0.15, 0.2) is 64.2 Å². The quantitative estimate of drug-likeness (QED) is 0.330. The highest BCUT2D eigenvalue weighted by Crippen LogP contribution is 2.28. The zero-order valence-electron chi connectivity index (χ0n) is 13.8. The minimum absolute atomic E-state index is 0.0930. The second-order valence-corrected chi connectivity index (χ2v) is 6.62. The molecule has 0 spiro atoms.